The molecule has 0 unspecified atom stereocenters. The standard InChI is InChI=1S/C20H26N2O5/c1-5-21(6-2)19(25)27-20-15-9-7-8-10-16(15)22(13(3)23)17(20)11-14(24)12-18(20)26-4/h7-10,17-18H,5-6,11-12H2,1-4H3/t17-,18+,20+/m0/s1. The molecule has 1 aromatic rings. The van der Waals surface area contributed by atoms with E-state index in [2.05, 4.69) is 0 Å². The predicted octanol–water partition coefficient (Wildman–Crippen LogP) is 2.47. The lowest BCUT2D eigenvalue weighted by molar-refractivity contribution is -0.156. The van der Waals surface area contributed by atoms with E-state index in [-0.39, 0.29) is 24.5 Å². The molecule has 7 nitrogen and oxygen atoms in total. The van der Waals surface area contributed by atoms with Gasteiger partial charge in [0.15, 0.2) is 5.60 Å². The Morgan fingerprint density at radius 3 is 2.48 bits per heavy atom. The highest BCUT2D eigenvalue weighted by Gasteiger charge is 2.63. The third-order valence-corrected chi connectivity index (χ3v) is 5.61. The van der Waals surface area contributed by atoms with Crippen molar-refractivity contribution in [3.63, 3.8) is 0 Å². The van der Waals surface area contributed by atoms with Crippen molar-refractivity contribution in [3.8, 4) is 0 Å². The van der Waals surface area contributed by atoms with Crippen molar-refractivity contribution in [1.82, 2.24) is 4.90 Å². The second-order valence-electron chi connectivity index (χ2n) is 6.93. The van der Waals surface area contributed by atoms with Crippen LogP contribution in [0.25, 0.3) is 0 Å². The Hall–Kier alpha value is -2.41. The number of carbonyl (C=O) groups excluding carboxylic acids is 3. The van der Waals surface area contributed by atoms with E-state index in [0.717, 1.165) is 0 Å². The average Bonchev–Trinajstić information content (AvgIpc) is 2.92. The summed E-state index contributed by atoms with van der Waals surface area (Å²) in [7, 11) is 1.51. The van der Waals surface area contributed by atoms with Crippen LogP contribution in [0.5, 0.6) is 0 Å². The van der Waals surface area contributed by atoms with Crippen LogP contribution in [0.15, 0.2) is 24.3 Å². The Morgan fingerprint density at radius 1 is 1.22 bits per heavy atom. The minimum atomic E-state index is -1.20. The van der Waals surface area contributed by atoms with Gasteiger partial charge < -0.3 is 19.3 Å². The van der Waals surface area contributed by atoms with Gasteiger partial charge in [0.1, 0.15) is 11.9 Å². The molecule has 2 aliphatic rings. The van der Waals surface area contributed by atoms with Crippen molar-refractivity contribution < 1.29 is 23.9 Å². The molecule has 0 spiro atoms. The highest BCUT2D eigenvalue weighted by Crippen LogP contribution is 2.53. The summed E-state index contributed by atoms with van der Waals surface area (Å²) in [5, 5.41) is 0. The highest BCUT2D eigenvalue weighted by molar-refractivity contribution is 5.98. The molecule has 0 aromatic heterocycles. The van der Waals surface area contributed by atoms with Crippen LogP contribution in [0.1, 0.15) is 39.2 Å². The zero-order valence-electron chi connectivity index (χ0n) is 16.2. The Morgan fingerprint density at radius 2 is 1.89 bits per heavy atom. The first kappa shape index (κ1) is 19.4. The largest absolute Gasteiger partial charge is 0.433 e. The Balaban J connectivity index is 2.18. The number of carbonyl (C=O) groups is 3. The lowest BCUT2D eigenvalue weighted by Crippen LogP contribution is -2.61. The zero-order chi connectivity index (χ0) is 19.8. The smallest absolute Gasteiger partial charge is 0.410 e. The Bertz CT molecular complexity index is 760. The Kier molecular flexibility index (Phi) is 5.24. The molecule has 0 saturated heterocycles. The van der Waals surface area contributed by atoms with Gasteiger partial charge in [-0.15, -0.1) is 0 Å². The maximum absolute atomic E-state index is 12.9. The van der Waals surface area contributed by atoms with Gasteiger partial charge in [-0.2, -0.15) is 0 Å². The number of rotatable bonds is 4. The number of ether oxygens (including phenoxy) is 2. The average molecular weight is 374 g/mol. The van der Waals surface area contributed by atoms with Crippen molar-refractivity contribution in [2.24, 2.45) is 0 Å². The van der Waals surface area contributed by atoms with E-state index >= 15 is 0 Å². The third-order valence-electron chi connectivity index (χ3n) is 5.61. The molecule has 0 bridgehead atoms. The molecule has 27 heavy (non-hydrogen) atoms. The van der Waals surface area contributed by atoms with E-state index in [4.69, 9.17) is 9.47 Å². The molecule has 0 N–H and O–H groups in total. The third kappa shape index (κ3) is 2.90. The predicted molar refractivity (Wildman–Crippen MR) is 99.5 cm³/mol. The molecular weight excluding hydrogens is 348 g/mol. The fraction of sp³-hybridized carbons (Fsp3) is 0.550. The summed E-state index contributed by atoms with van der Waals surface area (Å²) in [5.41, 5.74) is 0.175. The molecule has 146 valence electrons. The molecule has 2 amide bonds. The normalized spacial score (nSPS) is 26.4. The van der Waals surface area contributed by atoms with E-state index in [0.29, 0.717) is 24.3 Å². The van der Waals surface area contributed by atoms with Crippen LogP contribution in [0.2, 0.25) is 0 Å². The molecule has 3 rings (SSSR count). The van der Waals surface area contributed by atoms with Gasteiger partial charge in [0.2, 0.25) is 5.91 Å². The minimum Gasteiger partial charge on any atom is -0.433 e. The van der Waals surface area contributed by atoms with Gasteiger partial charge in [-0.3, -0.25) is 9.59 Å². The van der Waals surface area contributed by atoms with Gasteiger partial charge in [0.05, 0.1) is 11.7 Å². The SMILES string of the molecule is CCN(CC)C(=O)O[C@]12c3ccccc3N(C(C)=O)[C@H]1CC(=O)C[C@H]2OC. The lowest BCUT2D eigenvalue weighted by Gasteiger charge is -2.45. The second-order valence-corrected chi connectivity index (χ2v) is 6.93. The van der Waals surface area contributed by atoms with E-state index in [1.807, 2.05) is 38.1 Å². The van der Waals surface area contributed by atoms with E-state index in [1.165, 1.54) is 14.0 Å². The van der Waals surface area contributed by atoms with Crippen LogP contribution in [-0.2, 0) is 24.7 Å². The second kappa shape index (κ2) is 7.31. The molecule has 0 radical (unpaired) electrons. The van der Waals surface area contributed by atoms with Gasteiger partial charge >= 0.3 is 6.09 Å². The van der Waals surface area contributed by atoms with Crippen LogP contribution in [-0.4, -0.2) is 55.0 Å². The first-order valence-corrected chi connectivity index (χ1v) is 9.32. The summed E-state index contributed by atoms with van der Waals surface area (Å²) in [4.78, 5) is 40.9. The van der Waals surface area contributed by atoms with Gasteiger partial charge in [-0.25, -0.2) is 4.79 Å². The van der Waals surface area contributed by atoms with Crippen molar-refractivity contribution >= 4 is 23.5 Å². The minimum absolute atomic E-state index is 0.0135. The summed E-state index contributed by atoms with van der Waals surface area (Å²) < 4.78 is 11.8. The van der Waals surface area contributed by atoms with E-state index in [9.17, 15) is 14.4 Å². The number of para-hydroxylation sites is 1. The molecule has 1 saturated carbocycles. The zero-order valence-corrected chi connectivity index (χ0v) is 16.2. The Labute approximate surface area is 159 Å². The highest BCUT2D eigenvalue weighted by atomic mass is 16.6. The van der Waals surface area contributed by atoms with Gasteiger partial charge in [0.25, 0.3) is 0 Å². The topological polar surface area (TPSA) is 76.2 Å². The number of hydrogen-bond acceptors (Lipinski definition) is 5. The molecular formula is C20H26N2O5. The molecule has 3 atom stereocenters. The van der Waals surface area contributed by atoms with Crippen molar-refractivity contribution in [1.29, 1.82) is 0 Å². The number of benzene rings is 1. The molecule has 1 aromatic carbocycles. The molecule has 7 heteroatoms. The number of nitrogens with zero attached hydrogens (tertiary/aromatic N) is 2. The number of amides is 2. The van der Waals surface area contributed by atoms with Crippen LogP contribution in [0, 0.1) is 0 Å². The number of anilines is 1. The first-order chi connectivity index (χ1) is 12.9. The van der Waals surface area contributed by atoms with E-state index < -0.39 is 23.8 Å². The summed E-state index contributed by atoms with van der Waals surface area (Å²) in [6, 6.07) is 6.73. The maximum Gasteiger partial charge on any atom is 0.410 e. The maximum atomic E-state index is 12.9. The van der Waals surface area contributed by atoms with Crippen molar-refractivity contribution in [2.45, 2.75) is 51.4 Å². The van der Waals surface area contributed by atoms with Crippen LogP contribution < -0.4 is 4.90 Å². The van der Waals surface area contributed by atoms with Crippen LogP contribution >= 0.6 is 0 Å². The van der Waals surface area contributed by atoms with Crippen molar-refractivity contribution in [2.75, 3.05) is 25.1 Å². The van der Waals surface area contributed by atoms with Gasteiger partial charge in [-0.1, -0.05) is 18.2 Å². The molecule has 1 aliphatic heterocycles. The van der Waals surface area contributed by atoms with Crippen LogP contribution in [0.4, 0.5) is 10.5 Å². The molecule has 1 fully saturated rings. The first-order valence-electron chi connectivity index (χ1n) is 9.32. The fourth-order valence-corrected chi connectivity index (χ4v) is 4.37. The lowest BCUT2D eigenvalue weighted by atomic mass is 9.74. The van der Waals surface area contributed by atoms with E-state index in [1.54, 1.807) is 9.80 Å². The monoisotopic (exact) mass is 374 g/mol. The van der Waals surface area contributed by atoms with Crippen molar-refractivity contribution in [3.05, 3.63) is 29.8 Å². The number of ketones is 1. The quantitative estimate of drug-likeness (QED) is 0.809. The molecule has 1 aliphatic carbocycles. The summed E-state index contributed by atoms with van der Waals surface area (Å²) in [5.74, 6) is -0.210. The molecule has 1 heterocycles. The summed E-state index contributed by atoms with van der Waals surface area (Å²) >= 11 is 0. The van der Waals surface area contributed by atoms with Gasteiger partial charge in [-0.05, 0) is 19.9 Å². The number of hydrogen-bond donors (Lipinski definition) is 0. The number of Topliss-reactive ketones (excluding diaryl/α,β-unsaturated/α-hetero) is 1. The van der Waals surface area contributed by atoms with Crippen LogP contribution in [0.3, 0.4) is 0 Å². The fourth-order valence-electron chi connectivity index (χ4n) is 4.37. The number of methoxy groups -OCH3 is 1. The van der Waals surface area contributed by atoms with Gasteiger partial charge in [0, 0.05) is 45.5 Å². The summed E-state index contributed by atoms with van der Waals surface area (Å²) in [6.45, 7) is 6.22. The number of fused-ring (bicyclic) bond motifs is 3. The summed E-state index contributed by atoms with van der Waals surface area (Å²) in [6.07, 6.45) is -0.867.